The third-order valence-electron chi connectivity index (χ3n) is 13.2. The molecule has 0 saturated carbocycles. The number of nitrogens with zero attached hydrogens (tertiary/aromatic N) is 4. The number of fused-ring (bicyclic) bond motifs is 3. The molecular formula is C61H50N4Si. The summed E-state index contributed by atoms with van der Waals surface area (Å²) in [7, 11) is -2.69. The minimum absolute atomic E-state index is 0.0146. The van der Waals surface area contributed by atoms with Crippen LogP contribution >= 0.6 is 0 Å². The molecule has 11 rings (SSSR count). The molecule has 0 radical (unpaired) electrons. The minimum atomic E-state index is -2.69. The van der Waals surface area contributed by atoms with Gasteiger partial charge in [0.15, 0.2) is 25.5 Å². The molecule has 4 nitrogen and oxygen atoms in total. The van der Waals surface area contributed by atoms with Crippen LogP contribution in [0.3, 0.4) is 0 Å². The van der Waals surface area contributed by atoms with E-state index >= 15 is 0 Å². The van der Waals surface area contributed by atoms with E-state index in [1.807, 2.05) is 60.7 Å². The van der Waals surface area contributed by atoms with Crippen molar-refractivity contribution in [3.63, 3.8) is 0 Å². The average molecular weight is 867 g/mol. The van der Waals surface area contributed by atoms with E-state index in [4.69, 9.17) is 15.0 Å². The van der Waals surface area contributed by atoms with E-state index in [0.717, 1.165) is 46.3 Å². The van der Waals surface area contributed by atoms with Gasteiger partial charge in [-0.2, -0.15) is 0 Å². The van der Waals surface area contributed by atoms with Crippen LogP contribution < -0.4 is 15.6 Å². The molecular weight excluding hydrogens is 817 g/mol. The summed E-state index contributed by atoms with van der Waals surface area (Å²) in [5, 5.41) is 8.32. The quantitative estimate of drug-likeness (QED) is 0.107. The maximum atomic E-state index is 5.05. The molecule has 0 atom stereocenters. The fourth-order valence-corrected chi connectivity index (χ4v) is 15.0. The molecule has 0 N–H and O–H groups in total. The van der Waals surface area contributed by atoms with Crippen molar-refractivity contribution >= 4 is 45.4 Å². The first-order chi connectivity index (χ1) is 32.3. The molecule has 1 aliphatic carbocycles. The summed E-state index contributed by atoms with van der Waals surface area (Å²) >= 11 is 0. The second-order valence-electron chi connectivity index (χ2n) is 18.4. The summed E-state index contributed by atoms with van der Waals surface area (Å²) in [6.45, 7) is 6.93. The second-order valence-corrected chi connectivity index (χ2v) is 22.2. The van der Waals surface area contributed by atoms with Crippen molar-refractivity contribution < 1.29 is 0 Å². The lowest BCUT2D eigenvalue weighted by Crippen LogP contribution is -2.68. The minimum Gasteiger partial charge on any atom is -0.309 e. The molecule has 10 aromatic rings. The number of hydrogen-bond acceptors (Lipinski definition) is 3. The highest BCUT2D eigenvalue weighted by Crippen LogP contribution is 2.37. The van der Waals surface area contributed by atoms with Crippen molar-refractivity contribution in [1.82, 2.24) is 19.5 Å². The van der Waals surface area contributed by atoms with Crippen LogP contribution in [0.15, 0.2) is 230 Å². The molecule has 0 saturated heterocycles. The maximum absolute atomic E-state index is 5.05. The van der Waals surface area contributed by atoms with Gasteiger partial charge >= 0.3 is 0 Å². The number of benzene rings is 8. The Hall–Kier alpha value is -7.73. The molecule has 5 heteroatoms. The van der Waals surface area contributed by atoms with Crippen molar-refractivity contribution in [2.45, 2.75) is 39.0 Å². The van der Waals surface area contributed by atoms with Crippen molar-refractivity contribution in [3.8, 4) is 51.0 Å². The van der Waals surface area contributed by atoms with Gasteiger partial charge in [-0.1, -0.05) is 214 Å². The van der Waals surface area contributed by atoms with Crippen molar-refractivity contribution in [1.29, 1.82) is 0 Å². The van der Waals surface area contributed by atoms with Crippen LogP contribution in [-0.2, 0) is 5.41 Å². The zero-order chi connectivity index (χ0) is 44.7. The normalized spacial score (nSPS) is 13.0. The van der Waals surface area contributed by atoms with Crippen molar-refractivity contribution in [2.24, 2.45) is 0 Å². The predicted molar refractivity (Wildman–Crippen MR) is 279 cm³/mol. The summed E-state index contributed by atoms with van der Waals surface area (Å²) < 4.78 is 2.47. The SMILES string of the molecule is CC(C)(C)c1ccc2c(c1)c1cc([Si](C3=CC=CCC3)(c3ccccc3)c3ccccc3)ccc1n2-c1cccc(-c2cccc(-c3nc(-c4ccccc4)nc(-c4ccccc4)n3)c2)c1. The average Bonchev–Trinajstić information content (AvgIpc) is 3.71. The standard InChI is InChI=1S/C61H50N4Si/c1-61(2,3)48-35-37-56-54(41-48)55-42-53(66(50-29-13-6-14-30-50,51-31-15-7-16-32-51)52-33-17-8-18-34-52)36-38-57(55)65(56)49-28-20-26-46(40-49)45-25-19-27-47(39-45)60-63-58(43-21-9-4-10-22-43)62-59(64-60)44-23-11-5-12-24-44/h4-17,19-33,35-42H,18,34H2,1-3H3. The van der Waals surface area contributed by atoms with Gasteiger partial charge in [0.05, 0.1) is 11.0 Å². The van der Waals surface area contributed by atoms with Gasteiger partial charge in [-0.15, -0.1) is 0 Å². The smallest absolute Gasteiger partial charge is 0.175 e. The van der Waals surface area contributed by atoms with Gasteiger partial charge in [0, 0.05) is 33.2 Å². The van der Waals surface area contributed by atoms with Crippen LogP contribution in [0.25, 0.3) is 72.8 Å². The lowest BCUT2D eigenvalue weighted by Gasteiger charge is -2.37. The van der Waals surface area contributed by atoms with Gasteiger partial charge in [0.25, 0.3) is 0 Å². The monoisotopic (exact) mass is 866 g/mol. The summed E-state index contributed by atoms with van der Waals surface area (Å²) in [6, 6.07) is 75.0. The highest BCUT2D eigenvalue weighted by Gasteiger charge is 2.43. The Bertz CT molecular complexity index is 3340. The molecule has 0 spiro atoms. The Labute approximate surface area is 388 Å². The van der Waals surface area contributed by atoms with Crippen LogP contribution in [0.4, 0.5) is 0 Å². The molecule has 0 fully saturated rings. The van der Waals surface area contributed by atoms with E-state index in [9.17, 15) is 0 Å². The van der Waals surface area contributed by atoms with Crippen LogP contribution in [0, 0.1) is 0 Å². The zero-order valence-corrected chi connectivity index (χ0v) is 38.6. The number of rotatable bonds is 9. The van der Waals surface area contributed by atoms with E-state index in [1.54, 1.807) is 5.20 Å². The number of allylic oxidation sites excluding steroid dienone is 4. The van der Waals surface area contributed by atoms with E-state index in [0.29, 0.717) is 17.5 Å². The first-order valence-corrected chi connectivity index (χ1v) is 25.0. The molecule has 66 heavy (non-hydrogen) atoms. The molecule has 0 unspecified atom stereocenters. The Morgan fingerprint density at radius 1 is 0.439 bits per heavy atom. The first kappa shape index (κ1) is 41.0. The largest absolute Gasteiger partial charge is 0.309 e. The fourth-order valence-electron chi connectivity index (χ4n) is 9.95. The van der Waals surface area contributed by atoms with Gasteiger partial charge in [-0.05, 0) is 86.9 Å². The molecule has 0 amide bonds. The molecule has 0 bridgehead atoms. The maximum Gasteiger partial charge on any atom is 0.175 e. The highest BCUT2D eigenvalue weighted by molar-refractivity contribution is 7.16. The van der Waals surface area contributed by atoms with Gasteiger partial charge in [-0.3, -0.25) is 0 Å². The Morgan fingerprint density at radius 2 is 0.939 bits per heavy atom. The van der Waals surface area contributed by atoms with Gasteiger partial charge in [-0.25, -0.2) is 15.0 Å². The van der Waals surface area contributed by atoms with Gasteiger partial charge in [0.1, 0.15) is 0 Å². The Morgan fingerprint density at radius 3 is 1.52 bits per heavy atom. The number of hydrogen-bond donors (Lipinski definition) is 0. The van der Waals surface area contributed by atoms with Gasteiger partial charge < -0.3 is 4.57 Å². The van der Waals surface area contributed by atoms with Crippen molar-refractivity contribution in [2.75, 3.05) is 0 Å². The summed E-state index contributed by atoms with van der Waals surface area (Å²) in [6.07, 6.45) is 9.11. The lowest BCUT2D eigenvalue weighted by molar-refractivity contribution is 0.591. The molecule has 1 aliphatic rings. The third kappa shape index (κ3) is 7.41. The van der Waals surface area contributed by atoms with Crippen LogP contribution in [-0.4, -0.2) is 27.6 Å². The van der Waals surface area contributed by atoms with Crippen LogP contribution in [0.2, 0.25) is 0 Å². The topological polar surface area (TPSA) is 43.6 Å². The Balaban J connectivity index is 1.08. The molecule has 318 valence electrons. The Kier molecular flexibility index (Phi) is 10.6. The summed E-state index contributed by atoms with van der Waals surface area (Å²) in [4.78, 5) is 15.0. The fraction of sp³-hybridized carbons (Fsp3) is 0.0984. The van der Waals surface area contributed by atoms with Crippen LogP contribution in [0.5, 0.6) is 0 Å². The zero-order valence-electron chi connectivity index (χ0n) is 37.6. The second kappa shape index (κ2) is 17.0. The third-order valence-corrected chi connectivity index (χ3v) is 18.2. The predicted octanol–water partition coefficient (Wildman–Crippen LogP) is 13.2. The van der Waals surface area contributed by atoms with E-state index in [-0.39, 0.29) is 5.41 Å². The molecule has 8 aromatic carbocycles. The lowest BCUT2D eigenvalue weighted by atomic mass is 9.86. The van der Waals surface area contributed by atoms with E-state index in [2.05, 4.69) is 189 Å². The summed E-state index contributed by atoms with van der Waals surface area (Å²) in [5.41, 5.74) is 9.85. The van der Waals surface area contributed by atoms with E-state index in [1.165, 1.54) is 42.9 Å². The molecule has 2 aromatic heterocycles. The van der Waals surface area contributed by atoms with Gasteiger partial charge in [0.2, 0.25) is 0 Å². The molecule has 2 heterocycles. The highest BCUT2D eigenvalue weighted by atomic mass is 28.3. The first-order valence-electron chi connectivity index (χ1n) is 23.0. The van der Waals surface area contributed by atoms with Crippen LogP contribution in [0.1, 0.15) is 39.2 Å². The number of aromatic nitrogens is 4. The molecule has 0 aliphatic heterocycles. The van der Waals surface area contributed by atoms with E-state index < -0.39 is 8.07 Å². The van der Waals surface area contributed by atoms with Crippen molar-refractivity contribution in [3.05, 3.63) is 235 Å². The summed E-state index contributed by atoms with van der Waals surface area (Å²) in [5.74, 6) is 1.94.